The van der Waals surface area contributed by atoms with Crippen LogP contribution in [0.25, 0.3) is 0 Å². The van der Waals surface area contributed by atoms with Gasteiger partial charge in [0.2, 0.25) is 0 Å². The van der Waals surface area contributed by atoms with Gasteiger partial charge in [0.1, 0.15) is 11.6 Å². The number of hydrogen-bond donors (Lipinski definition) is 1. The molecular formula is C10H7F6NO. The highest BCUT2D eigenvalue weighted by Gasteiger charge is 2.48. The number of nitrogens with one attached hydrogen (secondary N) is 1. The third kappa shape index (κ3) is 3.14. The number of hydrogen-bond acceptors (Lipinski definition) is 1. The quantitative estimate of drug-likeness (QED) is 0.837. The predicted octanol–water partition coefficient (Wildman–Crippen LogP) is 2.48. The van der Waals surface area contributed by atoms with Gasteiger partial charge in [0.25, 0.3) is 5.91 Å². The Morgan fingerprint density at radius 1 is 1.28 bits per heavy atom. The van der Waals surface area contributed by atoms with Crippen molar-refractivity contribution in [1.29, 1.82) is 0 Å². The van der Waals surface area contributed by atoms with Gasteiger partial charge < -0.3 is 5.32 Å². The van der Waals surface area contributed by atoms with Crippen LogP contribution in [0.5, 0.6) is 0 Å². The predicted molar refractivity (Wildman–Crippen MR) is 49.2 cm³/mol. The molecule has 0 saturated carbocycles. The second-order valence-electron chi connectivity index (χ2n) is 3.34. The Bertz CT molecular complexity index is 448. The summed E-state index contributed by atoms with van der Waals surface area (Å²) in [4.78, 5) is 10.7. The van der Waals surface area contributed by atoms with Crippen LogP contribution in [0, 0.1) is 11.6 Å². The topological polar surface area (TPSA) is 29.1 Å². The molecule has 0 aromatic heterocycles. The number of amides is 1. The first-order valence-electron chi connectivity index (χ1n) is 4.63. The van der Waals surface area contributed by atoms with Crippen LogP contribution in [-0.4, -0.2) is 18.3 Å². The van der Waals surface area contributed by atoms with Crippen LogP contribution in [0.15, 0.2) is 18.2 Å². The Hall–Kier alpha value is -1.73. The summed E-state index contributed by atoms with van der Waals surface area (Å²) in [6.45, 7) is -0.743. The molecule has 2 nitrogen and oxygen atoms in total. The molecule has 1 N–H and O–H groups in total. The van der Waals surface area contributed by atoms with Gasteiger partial charge in [-0.25, -0.2) is 17.6 Å². The van der Waals surface area contributed by atoms with E-state index in [9.17, 15) is 31.1 Å². The van der Waals surface area contributed by atoms with E-state index < -0.39 is 36.4 Å². The third-order valence-electron chi connectivity index (χ3n) is 2.03. The second kappa shape index (κ2) is 5.28. The lowest BCUT2D eigenvalue weighted by molar-refractivity contribution is -0.169. The smallest absolute Gasteiger partial charge is 0.346 e. The maximum absolute atomic E-state index is 13.0. The van der Waals surface area contributed by atoms with E-state index in [1.807, 2.05) is 0 Å². The van der Waals surface area contributed by atoms with Gasteiger partial charge in [0, 0.05) is 18.2 Å². The van der Waals surface area contributed by atoms with Gasteiger partial charge in [-0.3, -0.25) is 4.79 Å². The van der Waals surface area contributed by atoms with Crippen molar-refractivity contribution in [3.05, 3.63) is 35.4 Å². The highest BCUT2D eigenvalue weighted by molar-refractivity contribution is 5.83. The van der Waals surface area contributed by atoms with E-state index in [0.29, 0.717) is 6.07 Å². The maximum atomic E-state index is 13.0. The molecule has 0 aliphatic rings. The van der Waals surface area contributed by atoms with Crippen LogP contribution in [0.3, 0.4) is 0 Å². The third-order valence-corrected chi connectivity index (χ3v) is 2.03. The second-order valence-corrected chi connectivity index (χ2v) is 3.34. The summed E-state index contributed by atoms with van der Waals surface area (Å²) < 4.78 is 74.1. The summed E-state index contributed by atoms with van der Waals surface area (Å²) in [5.41, 5.74) is -0.296. The first kappa shape index (κ1) is 14.3. The standard InChI is InChI=1S/C10H7F6NO/c11-6-2-1-5(7(12)3-6)4-17-9(18)10(15,16)8(13)14/h1-3,8H,4H2,(H,17,18). The molecule has 8 heteroatoms. The van der Waals surface area contributed by atoms with Crippen LogP contribution in [0.4, 0.5) is 26.3 Å². The van der Waals surface area contributed by atoms with E-state index in [-0.39, 0.29) is 5.56 Å². The molecule has 0 atom stereocenters. The molecule has 1 amide bonds. The SMILES string of the molecule is O=C(NCc1ccc(F)cc1F)C(F)(F)C(F)F. The molecule has 0 fully saturated rings. The van der Waals surface area contributed by atoms with Crippen molar-refractivity contribution in [2.75, 3.05) is 0 Å². The average Bonchev–Trinajstić information content (AvgIpc) is 2.27. The van der Waals surface area contributed by atoms with Crippen molar-refractivity contribution in [3.63, 3.8) is 0 Å². The van der Waals surface area contributed by atoms with Crippen LogP contribution >= 0.6 is 0 Å². The molecule has 18 heavy (non-hydrogen) atoms. The molecule has 0 aliphatic heterocycles. The van der Waals surface area contributed by atoms with Crippen LogP contribution in [0.1, 0.15) is 5.56 Å². The van der Waals surface area contributed by atoms with E-state index in [1.165, 1.54) is 5.32 Å². The highest BCUT2D eigenvalue weighted by Crippen LogP contribution is 2.23. The Kier molecular flexibility index (Phi) is 4.20. The zero-order valence-electron chi connectivity index (χ0n) is 8.69. The number of alkyl halides is 4. The summed E-state index contributed by atoms with van der Waals surface area (Å²) in [6, 6.07) is 2.23. The summed E-state index contributed by atoms with van der Waals surface area (Å²) >= 11 is 0. The zero-order valence-corrected chi connectivity index (χ0v) is 8.69. The normalized spacial score (nSPS) is 11.7. The molecule has 1 aromatic rings. The molecule has 0 spiro atoms. The number of benzene rings is 1. The maximum Gasteiger partial charge on any atom is 0.383 e. The minimum atomic E-state index is -4.85. The van der Waals surface area contributed by atoms with Crippen molar-refractivity contribution in [3.8, 4) is 0 Å². The largest absolute Gasteiger partial charge is 0.383 e. The number of carbonyl (C=O) groups is 1. The fourth-order valence-electron chi connectivity index (χ4n) is 1.06. The molecular weight excluding hydrogens is 264 g/mol. The Morgan fingerprint density at radius 3 is 2.39 bits per heavy atom. The van der Waals surface area contributed by atoms with E-state index in [0.717, 1.165) is 12.1 Å². The van der Waals surface area contributed by atoms with Gasteiger partial charge in [-0.15, -0.1) is 0 Å². The van der Waals surface area contributed by atoms with Crippen LogP contribution < -0.4 is 5.32 Å². The van der Waals surface area contributed by atoms with Crippen molar-refractivity contribution in [2.24, 2.45) is 0 Å². The zero-order chi connectivity index (χ0) is 13.9. The first-order valence-corrected chi connectivity index (χ1v) is 4.63. The molecule has 0 heterocycles. The van der Waals surface area contributed by atoms with Gasteiger partial charge in [-0.05, 0) is 6.07 Å². The van der Waals surface area contributed by atoms with E-state index in [1.54, 1.807) is 0 Å². The molecule has 1 rings (SSSR count). The van der Waals surface area contributed by atoms with E-state index >= 15 is 0 Å². The Morgan fingerprint density at radius 2 is 1.89 bits per heavy atom. The van der Waals surface area contributed by atoms with E-state index in [2.05, 4.69) is 0 Å². The minimum Gasteiger partial charge on any atom is -0.346 e. The lowest BCUT2D eigenvalue weighted by atomic mass is 10.2. The average molecular weight is 271 g/mol. The highest BCUT2D eigenvalue weighted by atomic mass is 19.3. The van der Waals surface area contributed by atoms with Crippen LogP contribution in [-0.2, 0) is 11.3 Å². The molecule has 0 aliphatic carbocycles. The molecule has 0 radical (unpaired) electrons. The molecule has 0 saturated heterocycles. The Labute approximate surface area is 97.6 Å². The summed E-state index contributed by atoms with van der Waals surface area (Å²) in [5, 5.41) is 1.45. The van der Waals surface area contributed by atoms with Crippen molar-refractivity contribution >= 4 is 5.91 Å². The molecule has 0 unspecified atom stereocenters. The summed E-state index contributed by atoms with van der Waals surface area (Å²) in [6.07, 6.45) is -4.16. The number of halogens is 6. The first-order chi connectivity index (χ1) is 8.25. The van der Waals surface area contributed by atoms with Crippen molar-refractivity contribution in [1.82, 2.24) is 5.32 Å². The van der Waals surface area contributed by atoms with Crippen molar-refractivity contribution < 1.29 is 31.1 Å². The molecule has 0 bridgehead atoms. The molecule has 100 valence electrons. The summed E-state index contributed by atoms with van der Waals surface area (Å²) in [7, 11) is 0. The minimum absolute atomic E-state index is 0.296. The lowest BCUT2D eigenvalue weighted by Gasteiger charge is -2.14. The fourth-order valence-corrected chi connectivity index (χ4v) is 1.06. The van der Waals surface area contributed by atoms with E-state index in [4.69, 9.17) is 0 Å². The lowest BCUT2D eigenvalue weighted by Crippen LogP contribution is -2.44. The van der Waals surface area contributed by atoms with Gasteiger partial charge in [-0.2, -0.15) is 8.78 Å². The fraction of sp³-hybridized carbons (Fsp3) is 0.300. The number of rotatable bonds is 4. The van der Waals surface area contributed by atoms with Crippen molar-refractivity contribution in [2.45, 2.75) is 18.9 Å². The Balaban J connectivity index is 2.69. The van der Waals surface area contributed by atoms with Crippen LogP contribution in [0.2, 0.25) is 0 Å². The van der Waals surface area contributed by atoms with Gasteiger partial charge in [0.05, 0.1) is 0 Å². The van der Waals surface area contributed by atoms with Gasteiger partial charge in [-0.1, -0.05) is 6.07 Å². The monoisotopic (exact) mass is 271 g/mol. The number of carbonyl (C=O) groups excluding carboxylic acids is 1. The van der Waals surface area contributed by atoms with Gasteiger partial charge in [0.15, 0.2) is 0 Å². The molecule has 1 aromatic carbocycles. The van der Waals surface area contributed by atoms with Gasteiger partial charge >= 0.3 is 12.3 Å². The summed E-state index contributed by atoms with van der Waals surface area (Å²) in [5.74, 6) is -9.03.